The first-order chi connectivity index (χ1) is 19.6. The normalized spacial score (nSPS) is 16.9. The van der Waals surface area contributed by atoms with Crippen molar-refractivity contribution in [1.82, 2.24) is 29.3 Å². The lowest BCUT2D eigenvalue weighted by Gasteiger charge is -2.27. The molecule has 1 N–H and O–H groups in total. The average Bonchev–Trinajstić information content (AvgIpc) is 3.40. The van der Waals surface area contributed by atoms with E-state index in [0.29, 0.717) is 61.8 Å². The second-order valence-electron chi connectivity index (χ2n) is 9.75. The van der Waals surface area contributed by atoms with E-state index >= 15 is 8.78 Å². The summed E-state index contributed by atoms with van der Waals surface area (Å²) in [5.41, 5.74) is 1.63. The van der Waals surface area contributed by atoms with Crippen molar-refractivity contribution < 1.29 is 23.0 Å². The van der Waals surface area contributed by atoms with E-state index in [2.05, 4.69) is 25.2 Å². The smallest absolute Gasteiger partial charge is 0.229 e. The van der Waals surface area contributed by atoms with Gasteiger partial charge in [0.2, 0.25) is 11.8 Å². The van der Waals surface area contributed by atoms with Gasteiger partial charge >= 0.3 is 0 Å². The Morgan fingerprint density at radius 3 is 2.38 bits per heavy atom. The van der Waals surface area contributed by atoms with E-state index in [4.69, 9.17) is 14.2 Å². The molecule has 0 aliphatic carbocycles. The van der Waals surface area contributed by atoms with Crippen molar-refractivity contribution in [3.05, 3.63) is 66.1 Å². The molecule has 0 atom stereocenters. The van der Waals surface area contributed by atoms with Gasteiger partial charge in [-0.15, -0.1) is 0 Å². The minimum atomic E-state index is -0.589. The zero-order valence-electron chi connectivity index (χ0n) is 22.1. The van der Waals surface area contributed by atoms with Crippen molar-refractivity contribution >= 4 is 22.7 Å². The van der Waals surface area contributed by atoms with E-state index in [1.165, 1.54) is 12.1 Å². The second-order valence-corrected chi connectivity index (χ2v) is 9.75. The zero-order chi connectivity index (χ0) is 27.3. The summed E-state index contributed by atoms with van der Waals surface area (Å²) in [4.78, 5) is 17.6. The van der Waals surface area contributed by atoms with Crippen molar-refractivity contribution in [2.45, 2.75) is 6.54 Å². The fourth-order valence-electron chi connectivity index (χ4n) is 4.85. The van der Waals surface area contributed by atoms with Crippen molar-refractivity contribution in [3.63, 3.8) is 0 Å². The Morgan fingerprint density at radius 1 is 0.900 bits per heavy atom. The van der Waals surface area contributed by atoms with Crippen molar-refractivity contribution in [2.24, 2.45) is 0 Å². The third-order valence-electron chi connectivity index (χ3n) is 7.07. The SMILES string of the molecule is Fc1cc(-n2ccc3cnc(Nc4ccnc(OCCN5CCOCC5)c4)nc32)cc(F)c1CN1CCOCC1. The van der Waals surface area contributed by atoms with E-state index in [1.54, 1.807) is 35.3 Å². The topological polar surface area (TPSA) is 89.8 Å². The number of ether oxygens (including phenoxy) is 3. The molecule has 1 aromatic carbocycles. The number of rotatable bonds is 9. The molecule has 4 aromatic rings. The van der Waals surface area contributed by atoms with Gasteiger partial charge in [-0.3, -0.25) is 9.80 Å². The van der Waals surface area contributed by atoms with Crippen LogP contribution in [0.15, 0.2) is 48.9 Å². The van der Waals surface area contributed by atoms with Crippen LogP contribution in [0.2, 0.25) is 0 Å². The first kappa shape index (κ1) is 26.5. The predicted octanol–water partition coefficient (Wildman–Crippen LogP) is 3.38. The highest BCUT2D eigenvalue weighted by molar-refractivity contribution is 5.78. The maximum Gasteiger partial charge on any atom is 0.229 e. The van der Waals surface area contributed by atoms with Crippen LogP contribution >= 0.6 is 0 Å². The molecule has 2 aliphatic heterocycles. The van der Waals surface area contributed by atoms with Gasteiger partial charge in [-0.25, -0.2) is 18.7 Å². The molecule has 0 radical (unpaired) electrons. The monoisotopic (exact) mass is 551 g/mol. The number of anilines is 2. The molecule has 2 saturated heterocycles. The molecule has 0 spiro atoms. The molecule has 3 aromatic heterocycles. The molecule has 40 heavy (non-hydrogen) atoms. The van der Waals surface area contributed by atoms with Crippen LogP contribution in [0.4, 0.5) is 20.4 Å². The summed E-state index contributed by atoms with van der Waals surface area (Å²) in [6.45, 7) is 7.24. The van der Waals surface area contributed by atoms with Crippen LogP contribution in [0.1, 0.15) is 5.56 Å². The fraction of sp³-hybridized carbons (Fsp3) is 0.393. The van der Waals surface area contributed by atoms with E-state index in [-0.39, 0.29) is 12.1 Å². The first-order valence-electron chi connectivity index (χ1n) is 13.4. The number of nitrogens with one attached hydrogen (secondary N) is 1. The van der Waals surface area contributed by atoms with Crippen LogP contribution in [0, 0.1) is 11.6 Å². The van der Waals surface area contributed by atoms with Gasteiger partial charge in [0.25, 0.3) is 0 Å². The number of aromatic nitrogens is 4. The van der Waals surface area contributed by atoms with Gasteiger partial charge in [0.05, 0.1) is 32.1 Å². The highest BCUT2D eigenvalue weighted by Gasteiger charge is 2.19. The van der Waals surface area contributed by atoms with Crippen LogP contribution in [-0.4, -0.2) is 95.1 Å². The molecule has 10 nitrogen and oxygen atoms in total. The van der Waals surface area contributed by atoms with E-state index in [9.17, 15) is 0 Å². The minimum absolute atomic E-state index is 0.0553. The Hall–Kier alpha value is -3.71. The second kappa shape index (κ2) is 12.2. The first-order valence-corrected chi connectivity index (χ1v) is 13.4. The van der Waals surface area contributed by atoms with E-state index in [1.807, 2.05) is 11.0 Å². The van der Waals surface area contributed by atoms with Crippen LogP contribution in [-0.2, 0) is 16.0 Å². The molecule has 0 saturated carbocycles. The Kier molecular flexibility index (Phi) is 8.09. The average molecular weight is 552 g/mol. The van der Waals surface area contributed by atoms with Crippen LogP contribution in [0.25, 0.3) is 16.7 Å². The van der Waals surface area contributed by atoms with Gasteiger partial charge in [0.15, 0.2) is 0 Å². The number of benzene rings is 1. The molecular formula is C28H31F2N7O3. The van der Waals surface area contributed by atoms with Gasteiger partial charge in [0, 0.05) is 80.6 Å². The third kappa shape index (κ3) is 6.20. The predicted molar refractivity (Wildman–Crippen MR) is 145 cm³/mol. The lowest BCUT2D eigenvalue weighted by Crippen LogP contribution is -2.38. The summed E-state index contributed by atoms with van der Waals surface area (Å²) in [5, 5.41) is 3.92. The summed E-state index contributed by atoms with van der Waals surface area (Å²) >= 11 is 0. The fourth-order valence-corrected chi connectivity index (χ4v) is 4.85. The zero-order valence-corrected chi connectivity index (χ0v) is 22.1. The van der Waals surface area contributed by atoms with Gasteiger partial charge in [-0.1, -0.05) is 0 Å². The molecule has 0 bridgehead atoms. The van der Waals surface area contributed by atoms with Crippen molar-refractivity contribution in [1.29, 1.82) is 0 Å². The minimum Gasteiger partial charge on any atom is -0.476 e. The number of fused-ring (bicyclic) bond motifs is 1. The summed E-state index contributed by atoms with van der Waals surface area (Å²) in [7, 11) is 0. The Balaban J connectivity index is 1.16. The lowest BCUT2D eigenvalue weighted by molar-refractivity contribution is 0.0320. The van der Waals surface area contributed by atoms with E-state index in [0.717, 1.165) is 38.2 Å². The number of morpholine rings is 2. The van der Waals surface area contributed by atoms with Crippen molar-refractivity contribution in [3.8, 4) is 11.6 Å². The maximum absolute atomic E-state index is 15.1. The Bertz CT molecular complexity index is 1430. The highest BCUT2D eigenvalue weighted by Crippen LogP contribution is 2.25. The third-order valence-corrected chi connectivity index (χ3v) is 7.07. The Labute approximate surface area is 230 Å². The van der Waals surface area contributed by atoms with E-state index < -0.39 is 11.6 Å². The lowest BCUT2D eigenvalue weighted by atomic mass is 10.1. The molecule has 2 aliphatic rings. The summed E-state index contributed by atoms with van der Waals surface area (Å²) in [5.74, 6) is -0.351. The van der Waals surface area contributed by atoms with Gasteiger partial charge in [-0.05, 0) is 24.3 Å². The number of hydrogen-bond donors (Lipinski definition) is 1. The van der Waals surface area contributed by atoms with Crippen molar-refractivity contribution in [2.75, 3.05) is 71.1 Å². The molecule has 5 heterocycles. The molecule has 210 valence electrons. The largest absolute Gasteiger partial charge is 0.476 e. The molecule has 2 fully saturated rings. The van der Waals surface area contributed by atoms with Crippen LogP contribution in [0.5, 0.6) is 5.88 Å². The molecule has 0 amide bonds. The number of halogens is 2. The van der Waals surface area contributed by atoms with Gasteiger partial charge < -0.3 is 24.1 Å². The quantitative estimate of drug-likeness (QED) is 0.336. The molecule has 12 heteroatoms. The molecule has 0 unspecified atom stereocenters. The summed E-state index contributed by atoms with van der Waals surface area (Å²) < 4.78 is 48.4. The summed E-state index contributed by atoms with van der Waals surface area (Å²) in [6, 6.07) is 8.07. The van der Waals surface area contributed by atoms with Gasteiger partial charge in [-0.2, -0.15) is 4.98 Å². The molecule has 6 rings (SSSR count). The van der Waals surface area contributed by atoms with Crippen LogP contribution in [0.3, 0.4) is 0 Å². The number of pyridine rings is 1. The standard InChI is InChI=1S/C28H31F2N7O3/c29-24-16-22(17-25(30)23(24)19-36-7-12-39-13-8-36)37-4-2-20-18-32-28(34-27(20)37)33-21-1-3-31-26(15-21)40-14-9-35-5-10-38-11-6-35/h1-4,15-18H,5-14,19H2,(H,31,32,33,34). The summed E-state index contributed by atoms with van der Waals surface area (Å²) in [6.07, 6.45) is 5.05. The number of nitrogens with zero attached hydrogens (tertiary/aromatic N) is 6. The highest BCUT2D eigenvalue weighted by atomic mass is 19.1. The Morgan fingerprint density at radius 2 is 1.62 bits per heavy atom. The van der Waals surface area contributed by atoms with Gasteiger partial charge in [0.1, 0.15) is 23.9 Å². The maximum atomic E-state index is 15.1. The number of hydrogen-bond acceptors (Lipinski definition) is 9. The van der Waals surface area contributed by atoms with Crippen LogP contribution < -0.4 is 10.1 Å². The molecular weight excluding hydrogens is 520 g/mol.